The van der Waals surface area contributed by atoms with Crippen LogP contribution in [0.4, 0.5) is 4.79 Å². The third kappa shape index (κ3) is 5.22. The van der Waals surface area contributed by atoms with E-state index in [1.807, 2.05) is 13.8 Å². The third-order valence-corrected chi connectivity index (χ3v) is 1.80. The van der Waals surface area contributed by atoms with E-state index in [4.69, 9.17) is 0 Å². The maximum absolute atomic E-state index is 11.3. The summed E-state index contributed by atoms with van der Waals surface area (Å²) in [6.07, 6.45) is 0.410. The average molecular weight is 186 g/mol. The monoisotopic (exact) mass is 186 g/mol. The van der Waals surface area contributed by atoms with E-state index in [0.29, 0.717) is 26.1 Å². The van der Waals surface area contributed by atoms with E-state index in [1.165, 1.54) is 6.92 Å². The number of carbonyl (C=O) groups is 2. The Morgan fingerprint density at radius 1 is 1.23 bits per heavy atom. The Morgan fingerprint density at radius 2 is 1.77 bits per heavy atom. The summed E-state index contributed by atoms with van der Waals surface area (Å²) < 4.78 is 0. The molecule has 4 heteroatoms. The SMILES string of the molecule is CCN(CC)C(=O)NCCC(C)=O. The maximum atomic E-state index is 11.3. The van der Waals surface area contributed by atoms with Gasteiger partial charge in [-0.1, -0.05) is 0 Å². The molecule has 0 unspecified atom stereocenters. The Labute approximate surface area is 79.3 Å². The molecule has 0 rings (SSSR count). The third-order valence-electron chi connectivity index (χ3n) is 1.80. The Bertz CT molecular complexity index is 176. The lowest BCUT2D eigenvalue weighted by Gasteiger charge is -2.18. The summed E-state index contributed by atoms with van der Waals surface area (Å²) in [6.45, 7) is 7.20. The van der Waals surface area contributed by atoms with Crippen LogP contribution in [0.3, 0.4) is 0 Å². The second kappa shape index (κ2) is 6.46. The molecule has 0 bridgehead atoms. The highest BCUT2D eigenvalue weighted by molar-refractivity contribution is 5.77. The molecule has 0 aromatic rings. The van der Waals surface area contributed by atoms with E-state index >= 15 is 0 Å². The summed E-state index contributed by atoms with van der Waals surface area (Å²) in [4.78, 5) is 23.5. The first-order valence-corrected chi connectivity index (χ1v) is 4.64. The predicted octanol–water partition coefficient (Wildman–Crippen LogP) is 1.02. The number of ketones is 1. The first kappa shape index (κ1) is 11.9. The van der Waals surface area contributed by atoms with Gasteiger partial charge < -0.3 is 10.2 Å². The van der Waals surface area contributed by atoms with Gasteiger partial charge in [0.2, 0.25) is 0 Å². The number of nitrogens with zero attached hydrogens (tertiary/aromatic N) is 1. The summed E-state index contributed by atoms with van der Waals surface area (Å²) in [5, 5.41) is 2.68. The lowest BCUT2D eigenvalue weighted by molar-refractivity contribution is -0.116. The van der Waals surface area contributed by atoms with Crippen LogP contribution < -0.4 is 5.32 Å². The van der Waals surface area contributed by atoms with Gasteiger partial charge in [-0.25, -0.2) is 4.79 Å². The fourth-order valence-electron chi connectivity index (χ4n) is 0.968. The summed E-state index contributed by atoms with van der Waals surface area (Å²) in [7, 11) is 0. The van der Waals surface area contributed by atoms with E-state index in [1.54, 1.807) is 4.90 Å². The zero-order valence-corrected chi connectivity index (χ0v) is 8.59. The molecule has 2 amide bonds. The molecule has 0 spiro atoms. The number of Topliss-reactive ketones (excluding diaryl/α,β-unsaturated/α-hetero) is 1. The smallest absolute Gasteiger partial charge is 0.317 e. The molecule has 13 heavy (non-hydrogen) atoms. The van der Waals surface area contributed by atoms with Crippen molar-refractivity contribution >= 4 is 11.8 Å². The number of hydrogen-bond acceptors (Lipinski definition) is 2. The van der Waals surface area contributed by atoms with Crippen molar-refractivity contribution in [1.82, 2.24) is 10.2 Å². The summed E-state index contributed by atoms with van der Waals surface area (Å²) in [5.41, 5.74) is 0. The summed E-state index contributed by atoms with van der Waals surface area (Å²) >= 11 is 0. The van der Waals surface area contributed by atoms with Gasteiger partial charge in [-0.05, 0) is 20.8 Å². The second-order valence-electron chi connectivity index (χ2n) is 2.86. The van der Waals surface area contributed by atoms with Crippen molar-refractivity contribution in [3.05, 3.63) is 0 Å². The normalized spacial score (nSPS) is 9.46. The van der Waals surface area contributed by atoms with Gasteiger partial charge in [-0.2, -0.15) is 0 Å². The maximum Gasteiger partial charge on any atom is 0.317 e. The highest BCUT2D eigenvalue weighted by atomic mass is 16.2. The van der Waals surface area contributed by atoms with Gasteiger partial charge in [0.15, 0.2) is 0 Å². The van der Waals surface area contributed by atoms with Crippen molar-refractivity contribution in [3.63, 3.8) is 0 Å². The molecule has 0 radical (unpaired) electrons. The topological polar surface area (TPSA) is 49.4 Å². The molecule has 76 valence electrons. The fourth-order valence-corrected chi connectivity index (χ4v) is 0.968. The highest BCUT2D eigenvalue weighted by Gasteiger charge is 2.07. The van der Waals surface area contributed by atoms with Gasteiger partial charge in [-0.15, -0.1) is 0 Å². The van der Waals surface area contributed by atoms with Crippen LogP contribution in [0.1, 0.15) is 27.2 Å². The minimum atomic E-state index is -0.0914. The zero-order chi connectivity index (χ0) is 10.3. The van der Waals surface area contributed by atoms with Crippen molar-refractivity contribution < 1.29 is 9.59 Å². The first-order valence-electron chi connectivity index (χ1n) is 4.64. The van der Waals surface area contributed by atoms with Crippen molar-refractivity contribution in [2.75, 3.05) is 19.6 Å². The van der Waals surface area contributed by atoms with Gasteiger partial charge >= 0.3 is 6.03 Å². The van der Waals surface area contributed by atoms with Gasteiger partial charge in [0.1, 0.15) is 5.78 Å². The molecule has 0 aliphatic carbocycles. The zero-order valence-electron chi connectivity index (χ0n) is 8.59. The Kier molecular flexibility index (Phi) is 5.93. The number of nitrogens with one attached hydrogen (secondary N) is 1. The van der Waals surface area contributed by atoms with Gasteiger partial charge in [-0.3, -0.25) is 4.79 Å². The lowest BCUT2D eigenvalue weighted by Crippen LogP contribution is -2.40. The quantitative estimate of drug-likeness (QED) is 0.696. The second-order valence-corrected chi connectivity index (χ2v) is 2.86. The molecule has 1 N–H and O–H groups in total. The number of amides is 2. The van der Waals surface area contributed by atoms with E-state index < -0.39 is 0 Å². The predicted molar refractivity (Wildman–Crippen MR) is 51.6 cm³/mol. The largest absolute Gasteiger partial charge is 0.338 e. The van der Waals surface area contributed by atoms with Crippen LogP contribution in [-0.2, 0) is 4.79 Å². The molecule has 0 heterocycles. The molecule has 0 saturated carbocycles. The molecule has 0 atom stereocenters. The van der Waals surface area contributed by atoms with Gasteiger partial charge in [0.25, 0.3) is 0 Å². The first-order chi connectivity index (χ1) is 6.11. The Balaban J connectivity index is 3.66. The summed E-state index contributed by atoms with van der Waals surface area (Å²) in [6, 6.07) is -0.0914. The lowest BCUT2D eigenvalue weighted by atomic mass is 10.3. The van der Waals surface area contributed by atoms with E-state index in [0.717, 1.165) is 0 Å². The molecule has 0 saturated heterocycles. The van der Waals surface area contributed by atoms with Crippen molar-refractivity contribution in [3.8, 4) is 0 Å². The van der Waals surface area contributed by atoms with Crippen LogP contribution in [-0.4, -0.2) is 36.3 Å². The molecule has 0 aliphatic rings. The van der Waals surface area contributed by atoms with Crippen LogP contribution in [0, 0.1) is 0 Å². The van der Waals surface area contributed by atoms with E-state index in [-0.39, 0.29) is 11.8 Å². The van der Waals surface area contributed by atoms with Crippen LogP contribution in [0.25, 0.3) is 0 Å². The number of urea groups is 1. The number of rotatable bonds is 5. The molecule has 4 nitrogen and oxygen atoms in total. The molecule has 0 fully saturated rings. The highest BCUT2D eigenvalue weighted by Crippen LogP contribution is 1.88. The summed E-state index contributed by atoms with van der Waals surface area (Å²) in [5.74, 6) is 0.0971. The van der Waals surface area contributed by atoms with Crippen LogP contribution >= 0.6 is 0 Å². The molecule has 0 aliphatic heterocycles. The molecular weight excluding hydrogens is 168 g/mol. The van der Waals surface area contributed by atoms with Gasteiger partial charge in [0, 0.05) is 26.1 Å². The molecular formula is C9H18N2O2. The minimum Gasteiger partial charge on any atom is -0.338 e. The van der Waals surface area contributed by atoms with E-state index in [9.17, 15) is 9.59 Å². The van der Waals surface area contributed by atoms with Crippen LogP contribution in [0.5, 0.6) is 0 Å². The van der Waals surface area contributed by atoms with Crippen molar-refractivity contribution in [2.24, 2.45) is 0 Å². The Hall–Kier alpha value is -1.06. The fraction of sp³-hybridized carbons (Fsp3) is 0.778. The Morgan fingerprint density at radius 3 is 2.15 bits per heavy atom. The minimum absolute atomic E-state index is 0.0914. The number of hydrogen-bond donors (Lipinski definition) is 1. The van der Waals surface area contributed by atoms with E-state index in [2.05, 4.69) is 5.32 Å². The molecule has 0 aromatic carbocycles. The van der Waals surface area contributed by atoms with Crippen molar-refractivity contribution in [1.29, 1.82) is 0 Å². The standard InChI is InChI=1S/C9H18N2O2/c1-4-11(5-2)9(13)10-7-6-8(3)12/h4-7H2,1-3H3,(H,10,13). The van der Waals surface area contributed by atoms with Crippen LogP contribution in [0.15, 0.2) is 0 Å². The van der Waals surface area contributed by atoms with Crippen LogP contribution in [0.2, 0.25) is 0 Å². The molecule has 0 aromatic heterocycles. The van der Waals surface area contributed by atoms with Crippen molar-refractivity contribution in [2.45, 2.75) is 27.2 Å². The number of carbonyl (C=O) groups excluding carboxylic acids is 2. The average Bonchev–Trinajstić information content (AvgIpc) is 2.05. The van der Waals surface area contributed by atoms with Gasteiger partial charge in [0.05, 0.1) is 0 Å².